The van der Waals surface area contributed by atoms with Gasteiger partial charge in [0.05, 0.1) is 0 Å². The van der Waals surface area contributed by atoms with Gasteiger partial charge in [-0.15, -0.1) is 0 Å². The van der Waals surface area contributed by atoms with E-state index >= 15 is 0 Å². The second kappa shape index (κ2) is 10.8. The lowest BCUT2D eigenvalue weighted by Crippen LogP contribution is -2.64. The summed E-state index contributed by atoms with van der Waals surface area (Å²) in [4.78, 5) is 27.5. The summed E-state index contributed by atoms with van der Waals surface area (Å²) in [5, 5.41) is 0. The van der Waals surface area contributed by atoms with Crippen molar-refractivity contribution in [2.75, 3.05) is 52.9 Å². The minimum Gasteiger partial charge on any atom is -0.341 e. The number of carbonyl (C=O) groups is 1. The number of amides is 1. The summed E-state index contributed by atoms with van der Waals surface area (Å²) in [6.07, 6.45) is 13.3. The minimum atomic E-state index is 0.376. The standard InChI is InChI=1S/C27H43N5O/c1-29-13-6-16-30(18-17-29)26(33)11-2-10-25-24-9-5-15-31-14-4-8-23(27(24)31)21-32(25)20-22-7-3-12-28-19-22/h3,7,12,19,23-25,27H,2,4-6,8-11,13-18,20-21H2,1H3/t23-,24+,25+,27-/m0/s1. The normalized spacial score (nSPS) is 31.7. The fourth-order valence-electron chi connectivity index (χ4n) is 7.30. The van der Waals surface area contributed by atoms with Gasteiger partial charge in [0.1, 0.15) is 0 Å². The molecule has 0 spiro atoms. The van der Waals surface area contributed by atoms with Crippen LogP contribution < -0.4 is 0 Å². The first kappa shape index (κ1) is 23.3. The molecule has 5 rings (SSSR count). The van der Waals surface area contributed by atoms with Gasteiger partial charge in [0, 0.05) is 63.6 Å². The zero-order valence-corrected chi connectivity index (χ0v) is 20.6. The molecule has 4 fully saturated rings. The van der Waals surface area contributed by atoms with Gasteiger partial charge in [-0.05, 0) is 95.1 Å². The highest BCUT2D eigenvalue weighted by molar-refractivity contribution is 5.76. The van der Waals surface area contributed by atoms with Crippen molar-refractivity contribution in [1.29, 1.82) is 0 Å². The number of pyridine rings is 1. The Bertz CT molecular complexity index is 771. The van der Waals surface area contributed by atoms with E-state index < -0.39 is 0 Å². The average molecular weight is 454 g/mol. The van der Waals surface area contributed by atoms with E-state index in [-0.39, 0.29) is 0 Å². The summed E-state index contributed by atoms with van der Waals surface area (Å²) in [5.74, 6) is 1.95. The van der Waals surface area contributed by atoms with E-state index in [0.717, 1.165) is 69.9 Å². The molecule has 4 aliphatic rings. The average Bonchev–Trinajstić information content (AvgIpc) is 3.06. The van der Waals surface area contributed by atoms with Crippen LogP contribution in [0.5, 0.6) is 0 Å². The summed E-state index contributed by atoms with van der Waals surface area (Å²) in [6.45, 7) is 8.76. The smallest absolute Gasteiger partial charge is 0.222 e. The maximum atomic E-state index is 13.0. The first-order valence-corrected chi connectivity index (χ1v) is 13.5. The summed E-state index contributed by atoms with van der Waals surface area (Å²) >= 11 is 0. The first-order valence-electron chi connectivity index (χ1n) is 13.5. The summed E-state index contributed by atoms with van der Waals surface area (Å²) in [6, 6.07) is 5.66. The molecule has 1 aromatic heterocycles. The Morgan fingerprint density at radius 1 is 1.06 bits per heavy atom. The zero-order valence-electron chi connectivity index (χ0n) is 20.6. The summed E-state index contributed by atoms with van der Waals surface area (Å²) in [7, 11) is 2.17. The van der Waals surface area contributed by atoms with Crippen molar-refractivity contribution in [2.24, 2.45) is 11.8 Å². The molecule has 0 aromatic carbocycles. The molecular formula is C27H43N5O. The Morgan fingerprint density at radius 2 is 1.94 bits per heavy atom. The van der Waals surface area contributed by atoms with E-state index in [4.69, 9.17) is 0 Å². The number of aromatic nitrogens is 1. The quantitative estimate of drug-likeness (QED) is 0.662. The Labute approximate surface area is 200 Å². The number of carbonyl (C=O) groups excluding carboxylic acids is 1. The monoisotopic (exact) mass is 453 g/mol. The predicted molar refractivity (Wildman–Crippen MR) is 132 cm³/mol. The maximum Gasteiger partial charge on any atom is 0.222 e. The van der Waals surface area contributed by atoms with Crippen LogP contribution in [0.1, 0.15) is 56.9 Å². The first-order chi connectivity index (χ1) is 16.2. The largest absolute Gasteiger partial charge is 0.341 e. The van der Waals surface area contributed by atoms with E-state index in [1.54, 1.807) is 0 Å². The Hall–Kier alpha value is -1.50. The van der Waals surface area contributed by atoms with Crippen LogP contribution in [-0.4, -0.2) is 95.4 Å². The Kier molecular flexibility index (Phi) is 7.63. The van der Waals surface area contributed by atoms with Crippen LogP contribution in [0.15, 0.2) is 24.5 Å². The molecule has 4 saturated heterocycles. The van der Waals surface area contributed by atoms with Crippen LogP contribution in [0.2, 0.25) is 0 Å². The van der Waals surface area contributed by atoms with Gasteiger partial charge in [-0.2, -0.15) is 0 Å². The number of likely N-dealkylation sites (N-methyl/N-ethyl adjacent to an activating group) is 1. The summed E-state index contributed by atoms with van der Waals surface area (Å²) < 4.78 is 0. The highest BCUT2D eigenvalue weighted by Crippen LogP contribution is 2.43. The third-order valence-electron chi connectivity index (χ3n) is 8.85. The molecule has 0 bridgehead atoms. The lowest BCUT2D eigenvalue weighted by atomic mass is 9.69. The molecule has 1 amide bonds. The van der Waals surface area contributed by atoms with Crippen LogP contribution in [0, 0.1) is 11.8 Å². The second-order valence-electron chi connectivity index (χ2n) is 11.0. The molecule has 5 heterocycles. The van der Waals surface area contributed by atoms with Crippen LogP contribution in [0.4, 0.5) is 0 Å². The molecule has 182 valence electrons. The fourth-order valence-corrected chi connectivity index (χ4v) is 7.30. The van der Waals surface area contributed by atoms with Crippen molar-refractivity contribution in [2.45, 2.75) is 70.0 Å². The van der Waals surface area contributed by atoms with Crippen LogP contribution in [-0.2, 0) is 11.3 Å². The highest BCUT2D eigenvalue weighted by Gasteiger charge is 2.48. The number of hydrogen-bond donors (Lipinski definition) is 0. The van der Waals surface area contributed by atoms with Gasteiger partial charge in [0.15, 0.2) is 0 Å². The van der Waals surface area contributed by atoms with Crippen LogP contribution in [0.3, 0.4) is 0 Å². The number of likely N-dealkylation sites (tertiary alicyclic amines) is 1. The number of piperidine rings is 3. The molecule has 0 aliphatic carbocycles. The van der Waals surface area contributed by atoms with Crippen molar-refractivity contribution < 1.29 is 4.79 Å². The van der Waals surface area contributed by atoms with Crippen LogP contribution in [0.25, 0.3) is 0 Å². The molecule has 6 heteroatoms. The Balaban J connectivity index is 1.25. The van der Waals surface area contributed by atoms with Gasteiger partial charge in [0.2, 0.25) is 5.91 Å². The molecule has 0 saturated carbocycles. The van der Waals surface area contributed by atoms with Crippen molar-refractivity contribution in [3.8, 4) is 0 Å². The lowest BCUT2D eigenvalue weighted by molar-refractivity contribution is -0.131. The van der Waals surface area contributed by atoms with Crippen molar-refractivity contribution in [3.63, 3.8) is 0 Å². The molecule has 4 aliphatic heterocycles. The summed E-state index contributed by atoms with van der Waals surface area (Å²) in [5.41, 5.74) is 1.33. The Morgan fingerprint density at radius 3 is 2.79 bits per heavy atom. The highest BCUT2D eigenvalue weighted by atomic mass is 16.2. The van der Waals surface area contributed by atoms with Gasteiger partial charge >= 0.3 is 0 Å². The molecule has 1 aromatic rings. The van der Waals surface area contributed by atoms with E-state index in [0.29, 0.717) is 18.4 Å². The van der Waals surface area contributed by atoms with Gasteiger partial charge in [-0.3, -0.25) is 19.6 Å². The number of hydrogen-bond acceptors (Lipinski definition) is 5. The van der Waals surface area contributed by atoms with Gasteiger partial charge in [-0.1, -0.05) is 6.07 Å². The molecule has 0 unspecified atom stereocenters. The van der Waals surface area contributed by atoms with Crippen molar-refractivity contribution in [1.82, 2.24) is 24.6 Å². The van der Waals surface area contributed by atoms with Crippen LogP contribution >= 0.6 is 0 Å². The van der Waals surface area contributed by atoms with E-state index in [9.17, 15) is 4.79 Å². The van der Waals surface area contributed by atoms with Gasteiger partial charge in [-0.25, -0.2) is 0 Å². The molecule has 6 nitrogen and oxygen atoms in total. The SMILES string of the molecule is CN1CCCN(C(=O)CCC[C@@H]2[C@H]3CCCN4CCC[C@@H](CN2Cc2cccnc2)[C@@H]34)CC1. The van der Waals surface area contributed by atoms with Gasteiger partial charge in [0.25, 0.3) is 0 Å². The maximum absolute atomic E-state index is 13.0. The number of rotatable bonds is 6. The lowest BCUT2D eigenvalue weighted by Gasteiger charge is -2.57. The fraction of sp³-hybridized carbons (Fsp3) is 0.778. The molecule has 33 heavy (non-hydrogen) atoms. The van der Waals surface area contributed by atoms with Gasteiger partial charge < -0.3 is 9.80 Å². The zero-order chi connectivity index (χ0) is 22.6. The topological polar surface area (TPSA) is 42.9 Å². The predicted octanol–water partition coefficient (Wildman–Crippen LogP) is 3.09. The van der Waals surface area contributed by atoms with Crippen molar-refractivity contribution in [3.05, 3.63) is 30.1 Å². The molecule has 0 N–H and O–H groups in total. The third kappa shape index (κ3) is 5.44. The second-order valence-corrected chi connectivity index (χ2v) is 11.0. The molecule has 0 radical (unpaired) electrons. The molecule has 4 atom stereocenters. The molecular weight excluding hydrogens is 410 g/mol. The minimum absolute atomic E-state index is 0.376. The third-order valence-corrected chi connectivity index (χ3v) is 8.85. The van der Waals surface area contributed by atoms with E-state index in [1.165, 1.54) is 50.9 Å². The number of nitrogens with zero attached hydrogens (tertiary/aromatic N) is 5. The van der Waals surface area contributed by atoms with E-state index in [2.05, 4.69) is 43.8 Å². The van der Waals surface area contributed by atoms with Crippen molar-refractivity contribution >= 4 is 5.91 Å². The van der Waals surface area contributed by atoms with E-state index in [1.807, 2.05) is 12.4 Å².